The highest BCUT2D eigenvalue weighted by molar-refractivity contribution is 5.85. The van der Waals surface area contributed by atoms with Crippen LogP contribution in [0.15, 0.2) is 30.3 Å². The van der Waals surface area contributed by atoms with Gasteiger partial charge in [0.25, 0.3) is 0 Å². The molecule has 26 heavy (non-hydrogen) atoms. The van der Waals surface area contributed by atoms with Crippen molar-refractivity contribution in [3.8, 4) is 0 Å². The summed E-state index contributed by atoms with van der Waals surface area (Å²) in [5.41, 5.74) is 6.94. The number of carbonyl (C=O) groups is 2. The summed E-state index contributed by atoms with van der Waals surface area (Å²) in [5, 5.41) is 3.04. The molecular formula is C20H32ClN3O2. The molecule has 5 nitrogen and oxygen atoms in total. The maximum atomic E-state index is 12.4. The first-order valence-electron chi connectivity index (χ1n) is 9.15. The van der Waals surface area contributed by atoms with Gasteiger partial charge >= 0.3 is 0 Å². The molecule has 1 saturated heterocycles. The summed E-state index contributed by atoms with van der Waals surface area (Å²) >= 11 is 0. The third kappa shape index (κ3) is 6.61. The molecule has 1 fully saturated rings. The average Bonchev–Trinajstić information content (AvgIpc) is 2.59. The molecule has 0 spiro atoms. The second kappa shape index (κ2) is 9.93. The van der Waals surface area contributed by atoms with Crippen molar-refractivity contribution in [2.24, 2.45) is 11.1 Å². The van der Waals surface area contributed by atoms with Gasteiger partial charge in [-0.05, 0) is 30.2 Å². The van der Waals surface area contributed by atoms with Crippen molar-refractivity contribution in [2.45, 2.75) is 58.5 Å². The second-order valence-corrected chi connectivity index (χ2v) is 7.99. The number of hydrogen-bond acceptors (Lipinski definition) is 3. The lowest BCUT2D eigenvalue weighted by Crippen LogP contribution is -2.54. The maximum Gasteiger partial charge on any atom is 0.237 e. The van der Waals surface area contributed by atoms with Crippen LogP contribution in [-0.4, -0.2) is 41.9 Å². The molecule has 0 unspecified atom stereocenters. The van der Waals surface area contributed by atoms with Crippen molar-refractivity contribution in [2.75, 3.05) is 13.1 Å². The molecule has 2 rings (SSSR count). The summed E-state index contributed by atoms with van der Waals surface area (Å²) in [6.45, 7) is 7.29. The van der Waals surface area contributed by atoms with Crippen LogP contribution >= 0.6 is 12.4 Å². The van der Waals surface area contributed by atoms with Gasteiger partial charge in [0, 0.05) is 25.6 Å². The number of carbonyl (C=O) groups excluding carboxylic acids is 2. The molecule has 0 aromatic heterocycles. The van der Waals surface area contributed by atoms with Crippen molar-refractivity contribution >= 4 is 24.2 Å². The standard InChI is InChI=1S/C20H31N3O2.ClH/c1-20(2,3)18(21)19(25)22-16-11-13-23(14-12-16)17(24)10-9-15-7-5-4-6-8-15;/h4-8,16,18H,9-14,21H2,1-3H3,(H,22,25);1H/t18-;/m1./s1. The zero-order valence-corrected chi connectivity index (χ0v) is 16.8. The first-order chi connectivity index (χ1) is 11.8. The predicted octanol–water partition coefficient (Wildman–Crippen LogP) is 2.52. The van der Waals surface area contributed by atoms with Gasteiger partial charge in [0.2, 0.25) is 11.8 Å². The quantitative estimate of drug-likeness (QED) is 0.822. The van der Waals surface area contributed by atoms with Crippen LogP contribution < -0.4 is 11.1 Å². The zero-order chi connectivity index (χ0) is 18.4. The smallest absolute Gasteiger partial charge is 0.237 e. The third-order valence-electron chi connectivity index (χ3n) is 4.88. The topological polar surface area (TPSA) is 75.4 Å². The highest BCUT2D eigenvalue weighted by Gasteiger charge is 2.30. The van der Waals surface area contributed by atoms with Gasteiger partial charge < -0.3 is 16.0 Å². The van der Waals surface area contributed by atoms with Crippen molar-refractivity contribution in [1.82, 2.24) is 10.2 Å². The maximum absolute atomic E-state index is 12.4. The Balaban J connectivity index is 0.00000338. The number of likely N-dealkylation sites (tertiary alicyclic amines) is 1. The van der Waals surface area contributed by atoms with Gasteiger partial charge in [-0.15, -0.1) is 12.4 Å². The number of aryl methyl sites for hydroxylation is 1. The minimum atomic E-state index is -0.516. The van der Waals surface area contributed by atoms with Crippen LogP contribution in [0.5, 0.6) is 0 Å². The number of piperidine rings is 1. The van der Waals surface area contributed by atoms with Gasteiger partial charge in [0.15, 0.2) is 0 Å². The molecule has 1 heterocycles. The minimum Gasteiger partial charge on any atom is -0.352 e. The molecular weight excluding hydrogens is 350 g/mol. The lowest BCUT2D eigenvalue weighted by atomic mass is 9.86. The average molecular weight is 382 g/mol. The summed E-state index contributed by atoms with van der Waals surface area (Å²) in [6.07, 6.45) is 2.89. The lowest BCUT2D eigenvalue weighted by Gasteiger charge is -2.34. The third-order valence-corrected chi connectivity index (χ3v) is 4.88. The van der Waals surface area contributed by atoms with Crippen molar-refractivity contribution < 1.29 is 9.59 Å². The normalized spacial score (nSPS) is 16.5. The molecule has 2 amide bonds. The van der Waals surface area contributed by atoms with Crippen molar-refractivity contribution in [1.29, 1.82) is 0 Å². The van der Waals surface area contributed by atoms with E-state index in [2.05, 4.69) is 5.32 Å². The molecule has 1 aliphatic heterocycles. The summed E-state index contributed by atoms with van der Waals surface area (Å²) < 4.78 is 0. The summed E-state index contributed by atoms with van der Waals surface area (Å²) in [6, 6.07) is 9.67. The van der Waals surface area contributed by atoms with E-state index < -0.39 is 6.04 Å². The van der Waals surface area contributed by atoms with E-state index >= 15 is 0 Å². The van der Waals surface area contributed by atoms with Crippen LogP contribution in [0.1, 0.15) is 45.6 Å². The van der Waals surface area contributed by atoms with Gasteiger partial charge in [-0.2, -0.15) is 0 Å². The Bertz CT molecular complexity index is 578. The summed E-state index contributed by atoms with van der Waals surface area (Å²) in [4.78, 5) is 26.5. The number of rotatable bonds is 5. The van der Waals surface area contributed by atoms with Crippen LogP contribution in [0.2, 0.25) is 0 Å². The number of amides is 2. The van der Waals surface area contributed by atoms with Gasteiger partial charge in [0.1, 0.15) is 0 Å². The molecule has 0 saturated carbocycles. The molecule has 1 aliphatic rings. The van der Waals surface area contributed by atoms with E-state index in [4.69, 9.17) is 5.73 Å². The number of nitrogens with zero attached hydrogens (tertiary/aromatic N) is 1. The molecule has 0 radical (unpaired) electrons. The highest BCUT2D eigenvalue weighted by Crippen LogP contribution is 2.18. The number of halogens is 1. The number of hydrogen-bond donors (Lipinski definition) is 2. The molecule has 1 aromatic carbocycles. The van der Waals surface area contributed by atoms with Gasteiger partial charge in [-0.25, -0.2) is 0 Å². The molecule has 1 atom stereocenters. The van der Waals surface area contributed by atoms with E-state index in [0.717, 1.165) is 19.3 Å². The minimum absolute atomic E-state index is 0. The molecule has 1 aromatic rings. The molecule has 3 N–H and O–H groups in total. The first-order valence-corrected chi connectivity index (χ1v) is 9.15. The monoisotopic (exact) mass is 381 g/mol. The van der Waals surface area contributed by atoms with Crippen LogP contribution in [0.25, 0.3) is 0 Å². The molecule has 0 bridgehead atoms. The fraction of sp³-hybridized carbons (Fsp3) is 0.600. The van der Waals surface area contributed by atoms with Crippen LogP contribution in [-0.2, 0) is 16.0 Å². The first kappa shape index (κ1) is 22.5. The van der Waals surface area contributed by atoms with Crippen LogP contribution in [0, 0.1) is 5.41 Å². The second-order valence-electron chi connectivity index (χ2n) is 7.99. The zero-order valence-electron chi connectivity index (χ0n) is 16.0. The highest BCUT2D eigenvalue weighted by atomic mass is 35.5. The molecule has 146 valence electrons. The van der Waals surface area contributed by atoms with Gasteiger partial charge in [-0.3, -0.25) is 9.59 Å². The Hall–Kier alpha value is -1.59. The van der Waals surface area contributed by atoms with Crippen molar-refractivity contribution in [3.05, 3.63) is 35.9 Å². The van der Waals surface area contributed by atoms with Crippen molar-refractivity contribution in [3.63, 3.8) is 0 Å². The summed E-state index contributed by atoms with van der Waals surface area (Å²) in [7, 11) is 0. The molecule has 0 aliphatic carbocycles. The largest absolute Gasteiger partial charge is 0.352 e. The molecule has 6 heteroatoms. The van der Waals surface area contributed by atoms with E-state index in [9.17, 15) is 9.59 Å². The Morgan fingerprint density at radius 2 is 1.77 bits per heavy atom. The van der Waals surface area contributed by atoms with E-state index in [1.807, 2.05) is 56.0 Å². The Morgan fingerprint density at radius 3 is 2.31 bits per heavy atom. The number of nitrogens with two attached hydrogens (primary N) is 1. The Morgan fingerprint density at radius 1 is 1.19 bits per heavy atom. The Kier molecular flexibility index (Phi) is 8.57. The van der Waals surface area contributed by atoms with E-state index in [-0.39, 0.29) is 35.7 Å². The lowest BCUT2D eigenvalue weighted by molar-refractivity contribution is -0.132. The van der Waals surface area contributed by atoms with E-state index in [1.54, 1.807) is 0 Å². The summed E-state index contributed by atoms with van der Waals surface area (Å²) in [5.74, 6) is 0.0985. The SMILES string of the molecule is CC(C)(C)[C@H](N)C(=O)NC1CCN(C(=O)CCc2ccccc2)CC1.Cl. The Labute approximate surface area is 163 Å². The van der Waals surface area contributed by atoms with Gasteiger partial charge in [0.05, 0.1) is 6.04 Å². The van der Waals surface area contributed by atoms with E-state index in [0.29, 0.717) is 19.5 Å². The van der Waals surface area contributed by atoms with E-state index in [1.165, 1.54) is 5.56 Å². The number of nitrogens with one attached hydrogen (secondary N) is 1. The predicted molar refractivity (Wildman–Crippen MR) is 107 cm³/mol. The fourth-order valence-corrected chi connectivity index (χ4v) is 3.01. The van der Waals surface area contributed by atoms with Crippen LogP contribution in [0.3, 0.4) is 0 Å². The van der Waals surface area contributed by atoms with Gasteiger partial charge in [-0.1, -0.05) is 51.1 Å². The fourth-order valence-electron chi connectivity index (χ4n) is 3.01. The number of benzene rings is 1. The van der Waals surface area contributed by atoms with Crippen LogP contribution in [0.4, 0.5) is 0 Å².